The standard InChI is InChI=1S/C21H16BrCl3N2/c22-11-20-26-12-15-13(14-5-1-2-7-16(14)23)6-3-10-19(15)27(20)21-17(24)8-4-9-18(21)25/h1-10,20,26H,11-12H2. The van der Waals surface area contributed by atoms with Crippen LogP contribution >= 0.6 is 50.7 Å². The first-order valence-electron chi connectivity index (χ1n) is 8.51. The number of nitrogens with zero attached hydrogens (tertiary/aromatic N) is 1. The highest BCUT2D eigenvalue weighted by Gasteiger charge is 2.30. The minimum Gasteiger partial charge on any atom is -0.322 e. The molecule has 6 heteroatoms. The molecule has 4 rings (SSSR count). The predicted octanol–water partition coefficient (Wildman–Crippen LogP) is 7.28. The van der Waals surface area contributed by atoms with Gasteiger partial charge in [-0.25, -0.2) is 0 Å². The third-order valence-electron chi connectivity index (χ3n) is 4.73. The van der Waals surface area contributed by atoms with E-state index >= 15 is 0 Å². The van der Waals surface area contributed by atoms with Crippen LogP contribution in [0.15, 0.2) is 60.7 Å². The highest BCUT2D eigenvalue weighted by molar-refractivity contribution is 9.09. The van der Waals surface area contributed by atoms with Gasteiger partial charge in [-0.15, -0.1) is 0 Å². The number of fused-ring (bicyclic) bond motifs is 1. The van der Waals surface area contributed by atoms with E-state index < -0.39 is 0 Å². The molecule has 1 atom stereocenters. The molecule has 27 heavy (non-hydrogen) atoms. The Morgan fingerprint density at radius 2 is 1.48 bits per heavy atom. The number of nitrogens with one attached hydrogen (secondary N) is 1. The Hall–Kier alpha value is -1.23. The summed E-state index contributed by atoms with van der Waals surface area (Å²) >= 11 is 23.2. The lowest BCUT2D eigenvalue weighted by Crippen LogP contribution is -2.48. The number of anilines is 2. The van der Waals surface area contributed by atoms with E-state index in [9.17, 15) is 0 Å². The molecule has 0 amide bonds. The van der Waals surface area contributed by atoms with E-state index in [0.717, 1.165) is 39.4 Å². The summed E-state index contributed by atoms with van der Waals surface area (Å²) in [6.45, 7) is 0.728. The van der Waals surface area contributed by atoms with Gasteiger partial charge >= 0.3 is 0 Å². The van der Waals surface area contributed by atoms with Crippen LogP contribution < -0.4 is 10.2 Å². The molecule has 1 unspecified atom stereocenters. The molecule has 0 fully saturated rings. The third-order valence-corrected chi connectivity index (χ3v) is 6.28. The van der Waals surface area contributed by atoms with Crippen molar-refractivity contribution in [3.63, 3.8) is 0 Å². The molecule has 3 aromatic rings. The first kappa shape index (κ1) is 19.1. The molecule has 0 aliphatic carbocycles. The minimum atomic E-state index is 0.0244. The van der Waals surface area contributed by atoms with Crippen LogP contribution in [0.4, 0.5) is 11.4 Å². The van der Waals surface area contributed by atoms with E-state index in [4.69, 9.17) is 34.8 Å². The lowest BCUT2D eigenvalue weighted by Gasteiger charge is -2.40. The van der Waals surface area contributed by atoms with Crippen molar-refractivity contribution >= 4 is 62.1 Å². The molecule has 0 saturated carbocycles. The Bertz CT molecular complexity index is 973. The zero-order chi connectivity index (χ0) is 19.0. The normalized spacial score (nSPS) is 16.3. The maximum absolute atomic E-state index is 6.54. The number of hydrogen-bond donors (Lipinski definition) is 1. The third kappa shape index (κ3) is 3.48. The second kappa shape index (κ2) is 8.02. The van der Waals surface area contributed by atoms with Gasteiger partial charge in [0.25, 0.3) is 0 Å². The quantitative estimate of drug-likeness (QED) is 0.395. The van der Waals surface area contributed by atoms with E-state index in [1.807, 2.05) is 48.5 Å². The van der Waals surface area contributed by atoms with Crippen molar-refractivity contribution in [3.05, 3.63) is 81.3 Å². The second-order valence-electron chi connectivity index (χ2n) is 6.27. The molecule has 0 aromatic heterocycles. The van der Waals surface area contributed by atoms with E-state index in [1.54, 1.807) is 0 Å². The topological polar surface area (TPSA) is 15.3 Å². The van der Waals surface area contributed by atoms with Crippen molar-refractivity contribution in [2.75, 3.05) is 10.2 Å². The molecule has 138 valence electrons. The molecule has 1 N–H and O–H groups in total. The van der Waals surface area contributed by atoms with Gasteiger partial charge in [0, 0.05) is 28.1 Å². The van der Waals surface area contributed by atoms with Gasteiger partial charge < -0.3 is 4.90 Å². The predicted molar refractivity (Wildman–Crippen MR) is 120 cm³/mol. The maximum atomic E-state index is 6.54. The van der Waals surface area contributed by atoms with Crippen molar-refractivity contribution in [1.82, 2.24) is 5.32 Å². The molecule has 0 saturated heterocycles. The molecule has 3 aromatic carbocycles. The first-order valence-corrected chi connectivity index (χ1v) is 10.8. The molecule has 1 heterocycles. The van der Waals surface area contributed by atoms with Gasteiger partial charge in [-0.1, -0.05) is 87.1 Å². The van der Waals surface area contributed by atoms with Crippen molar-refractivity contribution < 1.29 is 0 Å². The van der Waals surface area contributed by atoms with Crippen molar-refractivity contribution in [2.24, 2.45) is 0 Å². The van der Waals surface area contributed by atoms with Gasteiger partial charge in [0.05, 0.1) is 21.9 Å². The summed E-state index contributed by atoms with van der Waals surface area (Å²) < 4.78 is 0. The summed E-state index contributed by atoms with van der Waals surface area (Å²) in [5.41, 5.74) is 5.16. The summed E-state index contributed by atoms with van der Waals surface area (Å²) in [4.78, 5) is 2.17. The maximum Gasteiger partial charge on any atom is 0.0946 e. The Balaban J connectivity index is 1.94. The lowest BCUT2D eigenvalue weighted by molar-refractivity contribution is 0.539. The van der Waals surface area contributed by atoms with Gasteiger partial charge in [-0.2, -0.15) is 0 Å². The zero-order valence-corrected chi connectivity index (χ0v) is 18.1. The van der Waals surface area contributed by atoms with Crippen molar-refractivity contribution in [3.8, 4) is 11.1 Å². The number of hydrogen-bond acceptors (Lipinski definition) is 2. The van der Waals surface area contributed by atoms with Crippen LogP contribution in [0.25, 0.3) is 11.1 Å². The highest BCUT2D eigenvalue weighted by atomic mass is 79.9. The van der Waals surface area contributed by atoms with Crippen LogP contribution in [0.1, 0.15) is 5.56 Å². The fourth-order valence-corrected chi connectivity index (χ4v) is 4.85. The van der Waals surface area contributed by atoms with Crippen LogP contribution in [0.2, 0.25) is 15.1 Å². The summed E-state index contributed by atoms with van der Waals surface area (Å²) in [5, 5.41) is 6.27. The van der Waals surface area contributed by atoms with Crippen LogP contribution in [0.5, 0.6) is 0 Å². The largest absolute Gasteiger partial charge is 0.322 e. The number of para-hydroxylation sites is 1. The fraction of sp³-hybridized carbons (Fsp3) is 0.143. The number of rotatable bonds is 3. The Labute approximate surface area is 182 Å². The SMILES string of the molecule is Clc1ccccc1-c1cccc2c1CNC(CBr)N2c1c(Cl)cccc1Cl. The lowest BCUT2D eigenvalue weighted by atomic mass is 9.95. The molecule has 2 nitrogen and oxygen atoms in total. The monoisotopic (exact) mass is 480 g/mol. The minimum absolute atomic E-state index is 0.0244. The van der Waals surface area contributed by atoms with E-state index in [0.29, 0.717) is 10.0 Å². The molecule has 0 bridgehead atoms. The Morgan fingerprint density at radius 1 is 0.852 bits per heavy atom. The molecular weight excluding hydrogens is 467 g/mol. The number of halogens is 4. The summed E-state index contributed by atoms with van der Waals surface area (Å²) in [6, 6.07) is 19.7. The molecule has 0 radical (unpaired) electrons. The average molecular weight is 483 g/mol. The Kier molecular flexibility index (Phi) is 5.68. The molecule has 1 aliphatic rings. The molecule has 1 aliphatic heterocycles. The van der Waals surface area contributed by atoms with Crippen molar-refractivity contribution in [2.45, 2.75) is 12.7 Å². The van der Waals surface area contributed by atoms with Gasteiger partial charge in [-0.3, -0.25) is 5.32 Å². The highest BCUT2D eigenvalue weighted by Crippen LogP contribution is 2.45. The van der Waals surface area contributed by atoms with Gasteiger partial charge in [0.15, 0.2) is 0 Å². The Morgan fingerprint density at radius 3 is 2.19 bits per heavy atom. The molecular formula is C21H16BrCl3N2. The zero-order valence-electron chi connectivity index (χ0n) is 14.2. The molecule has 0 spiro atoms. The van der Waals surface area contributed by atoms with Crippen LogP contribution in [0, 0.1) is 0 Å². The summed E-state index contributed by atoms with van der Waals surface area (Å²) in [5.74, 6) is 0. The van der Waals surface area contributed by atoms with Crippen LogP contribution in [-0.4, -0.2) is 11.5 Å². The smallest absolute Gasteiger partial charge is 0.0946 e. The van der Waals surface area contributed by atoms with Gasteiger partial charge in [0.2, 0.25) is 0 Å². The van der Waals surface area contributed by atoms with E-state index in [2.05, 4.69) is 38.3 Å². The van der Waals surface area contributed by atoms with Gasteiger partial charge in [-0.05, 0) is 35.4 Å². The summed E-state index contributed by atoms with van der Waals surface area (Å²) in [7, 11) is 0. The first-order chi connectivity index (χ1) is 13.1. The second-order valence-corrected chi connectivity index (χ2v) is 8.14. The van der Waals surface area contributed by atoms with E-state index in [-0.39, 0.29) is 6.17 Å². The van der Waals surface area contributed by atoms with Crippen LogP contribution in [0.3, 0.4) is 0 Å². The number of alkyl halides is 1. The van der Waals surface area contributed by atoms with E-state index in [1.165, 1.54) is 5.56 Å². The van der Waals surface area contributed by atoms with Crippen molar-refractivity contribution in [1.29, 1.82) is 0 Å². The average Bonchev–Trinajstić information content (AvgIpc) is 2.68. The fourth-order valence-electron chi connectivity index (χ4n) is 3.52. The summed E-state index contributed by atoms with van der Waals surface area (Å²) in [6.07, 6.45) is 0.0244. The van der Waals surface area contributed by atoms with Gasteiger partial charge in [0.1, 0.15) is 0 Å². The number of benzene rings is 3. The van der Waals surface area contributed by atoms with Crippen LogP contribution in [-0.2, 0) is 6.54 Å².